The number of amides is 2. The molecule has 4 aromatic rings. The molecule has 0 aromatic heterocycles. The summed E-state index contributed by atoms with van der Waals surface area (Å²) >= 11 is 5.98. The number of alkyl halides is 2. The van der Waals surface area contributed by atoms with Crippen LogP contribution in [0.5, 0.6) is 5.75 Å². The summed E-state index contributed by atoms with van der Waals surface area (Å²) < 4.78 is 38.7. The molecule has 1 saturated carbocycles. The number of aliphatic hydroxyl groups excluding tert-OH is 1. The molecular weight excluding hydrogens is 624 g/mol. The van der Waals surface area contributed by atoms with Crippen molar-refractivity contribution in [1.29, 1.82) is 0 Å². The van der Waals surface area contributed by atoms with Crippen LogP contribution >= 0.6 is 11.6 Å². The van der Waals surface area contributed by atoms with Crippen molar-refractivity contribution in [3.8, 4) is 16.9 Å². The van der Waals surface area contributed by atoms with E-state index in [-0.39, 0.29) is 30.8 Å². The highest BCUT2D eigenvalue weighted by Gasteiger charge is 2.49. The number of nitrogens with two attached hydrogens (primary N) is 1. The summed E-state index contributed by atoms with van der Waals surface area (Å²) in [6.07, 6.45) is 3.70. The maximum Gasteiger partial charge on any atom is 0.301 e. The van der Waals surface area contributed by atoms with Crippen molar-refractivity contribution in [2.75, 3.05) is 13.1 Å². The molecule has 2 fully saturated rings. The third-order valence-electron chi connectivity index (χ3n) is 9.20. The average molecular weight is 662 g/mol. The zero-order chi connectivity index (χ0) is 33.1. The molecule has 4 N–H and O–H groups in total. The minimum atomic E-state index is -3.80. The quantitative estimate of drug-likeness (QED) is 0.184. The van der Waals surface area contributed by atoms with Crippen LogP contribution < -0.4 is 15.8 Å². The van der Waals surface area contributed by atoms with Gasteiger partial charge >= 0.3 is 5.92 Å². The maximum atomic E-state index is 16.3. The van der Waals surface area contributed by atoms with Gasteiger partial charge in [-0.25, -0.2) is 0 Å². The summed E-state index contributed by atoms with van der Waals surface area (Å²) in [5.74, 6) is -5.09. The second-order valence-electron chi connectivity index (χ2n) is 12.5. The zero-order valence-electron chi connectivity index (χ0n) is 25.9. The number of halogens is 3. The predicted octanol–water partition coefficient (Wildman–Crippen LogP) is 6.74. The topological polar surface area (TPSA) is 105 Å². The van der Waals surface area contributed by atoms with Crippen molar-refractivity contribution in [1.82, 2.24) is 10.2 Å². The Balaban J connectivity index is 1.23. The molecule has 0 bridgehead atoms. The largest absolute Gasteiger partial charge is 0.490 e. The summed E-state index contributed by atoms with van der Waals surface area (Å²) in [6, 6.07) is 20.7. The van der Waals surface area contributed by atoms with Gasteiger partial charge in [0.2, 0.25) is 0 Å². The van der Waals surface area contributed by atoms with Crippen LogP contribution in [-0.2, 0) is 15.5 Å². The highest BCUT2D eigenvalue weighted by atomic mass is 35.5. The third-order valence-corrected chi connectivity index (χ3v) is 9.45. The first-order valence-electron chi connectivity index (χ1n) is 16.1. The summed E-state index contributed by atoms with van der Waals surface area (Å²) in [5, 5.41) is 15.4. The number of ether oxygens (including phenoxy) is 1. The number of nitrogens with one attached hydrogen (secondary N) is 1. The fourth-order valence-electron chi connectivity index (χ4n) is 6.36. The van der Waals surface area contributed by atoms with Gasteiger partial charge in [0, 0.05) is 29.7 Å². The lowest BCUT2D eigenvalue weighted by atomic mass is 9.95. The molecule has 47 heavy (non-hydrogen) atoms. The van der Waals surface area contributed by atoms with Gasteiger partial charge in [-0.2, -0.15) is 8.78 Å². The van der Waals surface area contributed by atoms with Crippen LogP contribution in [0.3, 0.4) is 0 Å². The molecular formula is C37H38ClF2N3O4. The Kier molecular flexibility index (Phi) is 9.77. The molecule has 1 aliphatic carbocycles. The smallest absolute Gasteiger partial charge is 0.301 e. The van der Waals surface area contributed by atoms with Crippen LogP contribution in [0.4, 0.5) is 8.78 Å². The van der Waals surface area contributed by atoms with Crippen LogP contribution in [-0.4, -0.2) is 53.1 Å². The first kappa shape index (κ1) is 32.9. The predicted molar refractivity (Wildman–Crippen MR) is 178 cm³/mol. The molecule has 1 heterocycles. The van der Waals surface area contributed by atoms with Crippen LogP contribution in [0, 0.1) is 0 Å². The van der Waals surface area contributed by atoms with Gasteiger partial charge < -0.3 is 25.8 Å². The van der Waals surface area contributed by atoms with Gasteiger partial charge in [-0.05, 0) is 96.3 Å². The van der Waals surface area contributed by atoms with E-state index in [1.165, 1.54) is 29.2 Å². The van der Waals surface area contributed by atoms with Crippen LogP contribution in [0.2, 0.25) is 5.02 Å². The van der Waals surface area contributed by atoms with Crippen molar-refractivity contribution >= 4 is 34.2 Å². The summed E-state index contributed by atoms with van der Waals surface area (Å²) in [4.78, 5) is 28.4. The number of hydrogen-bond acceptors (Lipinski definition) is 5. The molecule has 246 valence electrons. The molecule has 1 saturated heterocycles. The second kappa shape index (κ2) is 14.0. The van der Waals surface area contributed by atoms with Crippen molar-refractivity contribution in [3.05, 3.63) is 101 Å². The normalized spacial score (nSPS) is 17.4. The van der Waals surface area contributed by atoms with Gasteiger partial charge in [-0.15, -0.1) is 0 Å². The van der Waals surface area contributed by atoms with E-state index in [0.29, 0.717) is 23.4 Å². The Morgan fingerprint density at radius 2 is 1.47 bits per heavy atom. The zero-order valence-corrected chi connectivity index (χ0v) is 26.6. The monoisotopic (exact) mass is 661 g/mol. The molecule has 6 rings (SSSR count). The first-order chi connectivity index (χ1) is 22.6. The van der Waals surface area contributed by atoms with Crippen molar-refractivity contribution in [2.24, 2.45) is 5.73 Å². The highest BCUT2D eigenvalue weighted by Crippen LogP contribution is 2.36. The van der Waals surface area contributed by atoms with Crippen LogP contribution in [0.15, 0.2) is 84.9 Å². The maximum absolute atomic E-state index is 16.3. The fourth-order valence-corrected chi connectivity index (χ4v) is 6.49. The van der Waals surface area contributed by atoms with Gasteiger partial charge in [0.25, 0.3) is 11.8 Å². The van der Waals surface area contributed by atoms with Crippen molar-refractivity contribution < 1.29 is 28.2 Å². The van der Waals surface area contributed by atoms with Gasteiger partial charge in [0.05, 0.1) is 6.10 Å². The van der Waals surface area contributed by atoms with E-state index in [9.17, 15) is 14.7 Å². The summed E-state index contributed by atoms with van der Waals surface area (Å²) in [7, 11) is 0. The number of rotatable bonds is 9. The molecule has 0 spiro atoms. The summed E-state index contributed by atoms with van der Waals surface area (Å²) in [6.45, 7) is 0.384. The lowest BCUT2D eigenvalue weighted by Gasteiger charge is -2.36. The van der Waals surface area contributed by atoms with E-state index in [0.717, 1.165) is 47.8 Å². The van der Waals surface area contributed by atoms with Gasteiger partial charge in [-0.3, -0.25) is 9.59 Å². The molecule has 1 aliphatic heterocycles. The van der Waals surface area contributed by atoms with E-state index in [1.807, 2.05) is 18.2 Å². The van der Waals surface area contributed by atoms with E-state index in [2.05, 4.69) is 5.32 Å². The summed E-state index contributed by atoms with van der Waals surface area (Å²) in [5.41, 5.74) is 7.22. The minimum absolute atomic E-state index is 0.131. The molecule has 0 radical (unpaired) electrons. The number of piperidine rings is 1. The minimum Gasteiger partial charge on any atom is -0.490 e. The SMILES string of the molecule is NC1CCN(C(=O)[C@@H](NC(=O)[C@@H](O)c2ccc3cc(OC4CCCC4)ccc3c2)C(F)(F)c2ccc(-c3ccc(Cl)cc3)cc2)CC1. The number of fused-ring (bicyclic) bond motifs is 1. The molecule has 4 aromatic carbocycles. The highest BCUT2D eigenvalue weighted by molar-refractivity contribution is 6.30. The Morgan fingerprint density at radius 1 is 0.872 bits per heavy atom. The van der Waals surface area contributed by atoms with E-state index >= 15 is 8.78 Å². The molecule has 7 nitrogen and oxygen atoms in total. The number of likely N-dealkylation sites (tertiary alicyclic amines) is 1. The van der Waals surface area contributed by atoms with Crippen LogP contribution in [0.1, 0.15) is 55.8 Å². The molecule has 2 atom stereocenters. The molecule has 2 amide bonds. The Bertz CT molecular complexity index is 1720. The lowest BCUT2D eigenvalue weighted by molar-refractivity contribution is -0.152. The third kappa shape index (κ3) is 7.43. The standard InChI is InChI=1S/C37H38ClF2N3O4/c38-29-14-9-24(10-15-29)23-7-12-28(13-8-23)37(39,40)34(36(46)43-19-17-30(41)18-20-43)42-35(45)33(44)27-6-5-26-22-32(16-11-25(26)21-27)47-31-3-1-2-4-31/h5-16,21-22,30-31,33-34,44H,1-4,17-20,41H2,(H,42,45)/t33-,34+/m0/s1. The average Bonchev–Trinajstić information content (AvgIpc) is 3.60. The van der Waals surface area contributed by atoms with E-state index in [4.69, 9.17) is 22.1 Å². The lowest BCUT2D eigenvalue weighted by Crippen LogP contribution is -2.58. The van der Waals surface area contributed by atoms with Crippen molar-refractivity contribution in [2.45, 2.75) is 68.7 Å². The van der Waals surface area contributed by atoms with Crippen molar-refractivity contribution in [3.63, 3.8) is 0 Å². The number of aliphatic hydroxyl groups is 1. The number of hydrogen-bond donors (Lipinski definition) is 3. The first-order valence-corrected chi connectivity index (χ1v) is 16.4. The molecule has 0 unspecified atom stereocenters. The van der Waals surface area contributed by atoms with E-state index < -0.39 is 35.4 Å². The van der Waals surface area contributed by atoms with Crippen LogP contribution in [0.25, 0.3) is 21.9 Å². The van der Waals surface area contributed by atoms with Gasteiger partial charge in [0.15, 0.2) is 12.1 Å². The Hall–Kier alpha value is -4.05. The number of carbonyl (C=O) groups is 2. The Morgan fingerprint density at radius 3 is 2.13 bits per heavy atom. The molecule has 2 aliphatic rings. The Labute approximate surface area is 277 Å². The number of benzene rings is 4. The fraction of sp³-hybridized carbons (Fsp3) is 0.351. The number of nitrogens with zero attached hydrogens (tertiary/aromatic N) is 1. The van der Waals surface area contributed by atoms with Gasteiger partial charge in [-0.1, -0.05) is 66.2 Å². The molecule has 10 heteroatoms. The van der Waals surface area contributed by atoms with E-state index in [1.54, 1.807) is 42.5 Å². The van der Waals surface area contributed by atoms with Gasteiger partial charge in [0.1, 0.15) is 5.75 Å². The second-order valence-corrected chi connectivity index (χ2v) is 12.9. The number of carbonyl (C=O) groups excluding carboxylic acids is 2.